The second-order valence-corrected chi connectivity index (χ2v) is 7.79. The predicted octanol–water partition coefficient (Wildman–Crippen LogP) is 2.84. The Morgan fingerprint density at radius 3 is 2.79 bits per heavy atom. The van der Waals surface area contributed by atoms with Crippen LogP contribution in [0, 0.1) is 13.8 Å². The molecule has 1 saturated heterocycles. The van der Waals surface area contributed by atoms with Crippen molar-refractivity contribution in [3.05, 3.63) is 34.4 Å². The quantitative estimate of drug-likeness (QED) is 0.669. The number of aromatic nitrogens is 4. The van der Waals surface area contributed by atoms with Gasteiger partial charge in [-0.15, -0.1) is 11.3 Å². The van der Waals surface area contributed by atoms with Crippen LogP contribution in [0.2, 0.25) is 0 Å². The van der Waals surface area contributed by atoms with Crippen molar-refractivity contribution in [3.63, 3.8) is 0 Å². The Morgan fingerprint density at radius 2 is 2.04 bits per heavy atom. The SMILES string of the molecule is COc1cc(C(=O)N2CCCC(c3nc(C)n4c(C)csc34)C2)nc(OC)n1. The molecular formula is C19H23N5O3S. The van der Waals surface area contributed by atoms with Crippen molar-refractivity contribution in [1.82, 2.24) is 24.3 Å². The molecule has 1 amide bonds. The lowest BCUT2D eigenvalue weighted by atomic mass is 9.95. The van der Waals surface area contributed by atoms with E-state index in [1.165, 1.54) is 24.7 Å². The van der Waals surface area contributed by atoms with E-state index in [9.17, 15) is 4.79 Å². The highest BCUT2D eigenvalue weighted by Gasteiger charge is 2.30. The number of ether oxygens (including phenoxy) is 2. The van der Waals surface area contributed by atoms with Gasteiger partial charge in [-0.1, -0.05) is 0 Å². The molecule has 0 aromatic carbocycles. The molecule has 148 valence electrons. The van der Waals surface area contributed by atoms with Gasteiger partial charge < -0.3 is 14.4 Å². The van der Waals surface area contributed by atoms with Crippen molar-refractivity contribution in [2.24, 2.45) is 0 Å². The third kappa shape index (κ3) is 3.19. The van der Waals surface area contributed by atoms with Gasteiger partial charge in [-0.3, -0.25) is 9.20 Å². The first-order valence-electron chi connectivity index (χ1n) is 9.21. The van der Waals surface area contributed by atoms with Crippen LogP contribution in [-0.4, -0.2) is 57.5 Å². The van der Waals surface area contributed by atoms with Crippen LogP contribution in [0.15, 0.2) is 11.4 Å². The third-order valence-corrected chi connectivity index (χ3v) is 6.18. The Labute approximate surface area is 167 Å². The fraction of sp³-hybridized carbons (Fsp3) is 0.474. The summed E-state index contributed by atoms with van der Waals surface area (Å²) in [6, 6.07) is 1.67. The van der Waals surface area contributed by atoms with Gasteiger partial charge in [0.15, 0.2) is 0 Å². The predicted molar refractivity (Wildman–Crippen MR) is 106 cm³/mol. The summed E-state index contributed by atoms with van der Waals surface area (Å²) >= 11 is 1.71. The van der Waals surface area contributed by atoms with Crippen LogP contribution in [0.25, 0.3) is 4.83 Å². The molecule has 4 rings (SSSR count). The van der Waals surface area contributed by atoms with Gasteiger partial charge in [0.25, 0.3) is 5.91 Å². The standard InChI is InChI=1S/C19H23N5O3S/c1-11-10-28-18-16(20-12(2)24(11)18)13-6-5-7-23(9-13)17(25)14-8-15(26-3)22-19(21-14)27-4/h8,10,13H,5-7,9H2,1-4H3. The van der Waals surface area contributed by atoms with Crippen molar-refractivity contribution in [2.45, 2.75) is 32.6 Å². The van der Waals surface area contributed by atoms with Crippen LogP contribution in [0.4, 0.5) is 0 Å². The van der Waals surface area contributed by atoms with Crippen LogP contribution in [-0.2, 0) is 0 Å². The van der Waals surface area contributed by atoms with Gasteiger partial charge >= 0.3 is 6.01 Å². The summed E-state index contributed by atoms with van der Waals surface area (Å²) in [7, 11) is 2.97. The topological polar surface area (TPSA) is 81.9 Å². The van der Waals surface area contributed by atoms with Crippen LogP contribution >= 0.6 is 11.3 Å². The Hall–Kier alpha value is -2.68. The first kappa shape index (κ1) is 18.7. The molecule has 1 aliphatic rings. The van der Waals surface area contributed by atoms with Gasteiger partial charge in [0.2, 0.25) is 5.88 Å². The number of aryl methyl sites for hydroxylation is 2. The summed E-state index contributed by atoms with van der Waals surface area (Å²) in [5, 5.41) is 2.15. The minimum atomic E-state index is -0.141. The molecule has 3 aromatic rings. The molecule has 1 unspecified atom stereocenters. The number of rotatable bonds is 4. The molecule has 0 N–H and O–H groups in total. The number of hydrogen-bond donors (Lipinski definition) is 0. The number of likely N-dealkylation sites (tertiary alicyclic amines) is 1. The van der Waals surface area contributed by atoms with E-state index < -0.39 is 0 Å². The molecule has 0 saturated carbocycles. The zero-order valence-corrected chi connectivity index (χ0v) is 17.2. The van der Waals surface area contributed by atoms with E-state index in [1.807, 2.05) is 11.8 Å². The fourth-order valence-corrected chi connectivity index (χ4v) is 4.88. The zero-order chi connectivity index (χ0) is 19.8. The normalized spacial score (nSPS) is 17.1. The maximum Gasteiger partial charge on any atom is 0.320 e. The van der Waals surface area contributed by atoms with E-state index in [2.05, 4.69) is 26.7 Å². The summed E-state index contributed by atoms with van der Waals surface area (Å²) in [5.74, 6) is 1.38. The Kier molecular flexibility index (Phi) is 4.92. The zero-order valence-electron chi connectivity index (χ0n) is 16.4. The molecule has 4 heterocycles. The summed E-state index contributed by atoms with van der Waals surface area (Å²) in [5.41, 5.74) is 2.56. The molecule has 1 atom stereocenters. The van der Waals surface area contributed by atoms with E-state index in [4.69, 9.17) is 14.5 Å². The molecule has 1 fully saturated rings. The highest BCUT2D eigenvalue weighted by molar-refractivity contribution is 7.15. The van der Waals surface area contributed by atoms with Crippen molar-refractivity contribution in [2.75, 3.05) is 27.3 Å². The Balaban J connectivity index is 1.61. The molecule has 1 aliphatic heterocycles. The van der Waals surface area contributed by atoms with Gasteiger partial charge in [0.05, 0.1) is 19.9 Å². The number of hydrogen-bond acceptors (Lipinski definition) is 7. The molecular weight excluding hydrogens is 378 g/mol. The first-order chi connectivity index (χ1) is 13.5. The lowest BCUT2D eigenvalue weighted by Gasteiger charge is -2.31. The summed E-state index contributed by atoms with van der Waals surface area (Å²) in [6.45, 7) is 5.44. The number of carbonyl (C=O) groups is 1. The molecule has 3 aromatic heterocycles. The number of thiazole rings is 1. The van der Waals surface area contributed by atoms with Crippen molar-refractivity contribution >= 4 is 22.1 Å². The van der Waals surface area contributed by atoms with Gasteiger partial charge in [-0.2, -0.15) is 9.97 Å². The van der Waals surface area contributed by atoms with Gasteiger partial charge in [0, 0.05) is 36.1 Å². The smallest absolute Gasteiger partial charge is 0.320 e. The maximum absolute atomic E-state index is 13.1. The number of imidazole rings is 1. The third-order valence-electron chi connectivity index (χ3n) is 5.11. The van der Waals surface area contributed by atoms with E-state index in [0.717, 1.165) is 24.4 Å². The second-order valence-electron chi connectivity index (χ2n) is 6.93. The summed E-state index contributed by atoms with van der Waals surface area (Å²) in [6.07, 6.45) is 1.95. The number of fused-ring (bicyclic) bond motifs is 1. The Morgan fingerprint density at radius 1 is 1.21 bits per heavy atom. The molecule has 0 bridgehead atoms. The largest absolute Gasteiger partial charge is 0.481 e. The minimum Gasteiger partial charge on any atom is -0.481 e. The Bertz CT molecular complexity index is 1010. The highest BCUT2D eigenvalue weighted by atomic mass is 32.1. The second kappa shape index (κ2) is 7.38. The molecule has 8 nitrogen and oxygen atoms in total. The number of methoxy groups -OCH3 is 2. The van der Waals surface area contributed by atoms with Crippen molar-refractivity contribution < 1.29 is 14.3 Å². The molecule has 0 spiro atoms. The van der Waals surface area contributed by atoms with Gasteiger partial charge in [-0.05, 0) is 26.7 Å². The fourth-order valence-electron chi connectivity index (χ4n) is 3.78. The van der Waals surface area contributed by atoms with Crippen LogP contribution in [0.3, 0.4) is 0 Å². The van der Waals surface area contributed by atoms with Gasteiger partial charge in [-0.25, -0.2) is 4.98 Å². The average Bonchev–Trinajstić information content (AvgIpc) is 3.27. The number of carbonyl (C=O) groups excluding carboxylic acids is 1. The monoisotopic (exact) mass is 401 g/mol. The molecule has 9 heteroatoms. The minimum absolute atomic E-state index is 0.122. The molecule has 28 heavy (non-hydrogen) atoms. The summed E-state index contributed by atoms with van der Waals surface area (Å²) in [4.78, 5) is 29.2. The number of piperidine rings is 1. The maximum atomic E-state index is 13.1. The first-order valence-corrected chi connectivity index (χ1v) is 10.1. The molecule has 0 radical (unpaired) electrons. The van der Waals surface area contributed by atoms with Crippen LogP contribution in [0.1, 0.15) is 46.5 Å². The summed E-state index contributed by atoms with van der Waals surface area (Å²) < 4.78 is 12.5. The van der Waals surface area contributed by atoms with Crippen molar-refractivity contribution in [1.29, 1.82) is 0 Å². The van der Waals surface area contributed by atoms with E-state index in [0.29, 0.717) is 19.0 Å². The van der Waals surface area contributed by atoms with E-state index in [-0.39, 0.29) is 23.5 Å². The van der Waals surface area contributed by atoms with Crippen LogP contribution < -0.4 is 9.47 Å². The lowest BCUT2D eigenvalue weighted by molar-refractivity contribution is 0.0698. The number of amides is 1. The lowest BCUT2D eigenvalue weighted by Crippen LogP contribution is -2.39. The van der Waals surface area contributed by atoms with Crippen molar-refractivity contribution in [3.8, 4) is 11.9 Å². The molecule has 0 aliphatic carbocycles. The average molecular weight is 401 g/mol. The van der Waals surface area contributed by atoms with E-state index >= 15 is 0 Å². The highest BCUT2D eigenvalue weighted by Crippen LogP contribution is 2.33. The van der Waals surface area contributed by atoms with Crippen LogP contribution in [0.5, 0.6) is 11.9 Å². The number of nitrogens with zero attached hydrogens (tertiary/aromatic N) is 5. The van der Waals surface area contributed by atoms with Gasteiger partial charge in [0.1, 0.15) is 16.3 Å². The van der Waals surface area contributed by atoms with E-state index in [1.54, 1.807) is 17.4 Å².